The van der Waals surface area contributed by atoms with Crippen molar-refractivity contribution in [2.24, 2.45) is 0 Å². The van der Waals surface area contributed by atoms with Gasteiger partial charge < -0.3 is 14.9 Å². The molecule has 18 heavy (non-hydrogen) atoms. The molecule has 1 heterocycles. The fourth-order valence-electron chi connectivity index (χ4n) is 2.36. The first kappa shape index (κ1) is 15.4. The molecular weight excluding hydrogens is 234 g/mol. The Labute approximate surface area is 109 Å². The van der Waals surface area contributed by atoms with Crippen molar-refractivity contribution in [3.05, 3.63) is 0 Å². The largest absolute Gasteiger partial charge is 0.481 e. The van der Waals surface area contributed by atoms with Crippen LogP contribution in [0.5, 0.6) is 0 Å². The molecule has 0 radical (unpaired) electrons. The molecule has 2 atom stereocenters. The summed E-state index contributed by atoms with van der Waals surface area (Å²) in [6.45, 7) is 4.52. The normalized spacial score (nSPS) is 22.2. The molecule has 0 amide bonds. The third-order valence-corrected chi connectivity index (χ3v) is 3.31. The van der Waals surface area contributed by atoms with E-state index in [4.69, 9.17) is 9.84 Å². The second kappa shape index (κ2) is 8.45. The molecule has 0 saturated carbocycles. The van der Waals surface area contributed by atoms with Crippen LogP contribution in [0.2, 0.25) is 0 Å². The summed E-state index contributed by atoms with van der Waals surface area (Å²) in [7, 11) is 0. The van der Waals surface area contributed by atoms with Gasteiger partial charge in [-0.1, -0.05) is 13.3 Å². The van der Waals surface area contributed by atoms with E-state index in [0.29, 0.717) is 19.8 Å². The minimum atomic E-state index is -0.763. The molecule has 1 saturated heterocycles. The van der Waals surface area contributed by atoms with Gasteiger partial charge in [-0.15, -0.1) is 0 Å². The highest BCUT2D eigenvalue weighted by atomic mass is 16.5. The summed E-state index contributed by atoms with van der Waals surface area (Å²) in [5, 5.41) is 18.7. The molecule has 1 fully saturated rings. The molecule has 0 spiro atoms. The quantitative estimate of drug-likeness (QED) is 0.607. The van der Waals surface area contributed by atoms with Crippen LogP contribution < -0.4 is 0 Å². The molecule has 0 aromatic rings. The number of carbonyl (C=O) groups is 1. The molecule has 0 aliphatic carbocycles. The molecular formula is C13H25NO4. The first-order valence-electron chi connectivity index (χ1n) is 6.85. The van der Waals surface area contributed by atoms with Crippen molar-refractivity contribution in [1.82, 2.24) is 4.90 Å². The van der Waals surface area contributed by atoms with Gasteiger partial charge in [-0.05, 0) is 25.8 Å². The third-order valence-electron chi connectivity index (χ3n) is 3.31. The maximum Gasteiger partial charge on any atom is 0.304 e. The second-order valence-electron chi connectivity index (χ2n) is 4.97. The second-order valence-corrected chi connectivity index (χ2v) is 4.97. The SMILES string of the molecule is CCCCOCC(O)CN1CCCC1CC(=O)O. The van der Waals surface area contributed by atoms with Gasteiger partial charge in [0.2, 0.25) is 0 Å². The summed E-state index contributed by atoms with van der Waals surface area (Å²) >= 11 is 0. The summed E-state index contributed by atoms with van der Waals surface area (Å²) in [4.78, 5) is 12.8. The van der Waals surface area contributed by atoms with Crippen molar-refractivity contribution in [1.29, 1.82) is 0 Å². The molecule has 5 heteroatoms. The molecule has 1 rings (SSSR count). The molecule has 1 aliphatic rings. The van der Waals surface area contributed by atoms with Crippen LogP contribution in [-0.4, -0.2) is 59.5 Å². The van der Waals surface area contributed by atoms with Crippen LogP contribution in [0.4, 0.5) is 0 Å². The molecule has 2 N–H and O–H groups in total. The molecule has 0 aromatic carbocycles. The van der Waals surface area contributed by atoms with Crippen LogP contribution in [0.15, 0.2) is 0 Å². The van der Waals surface area contributed by atoms with E-state index in [2.05, 4.69) is 11.8 Å². The zero-order chi connectivity index (χ0) is 13.4. The summed E-state index contributed by atoms with van der Waals surface area (Å²) in [6, 6.07) is 0.0767. The number of nitrogens with zero attached hydrogens (tertiary/aromatic N) is 1. The number of β-amino-alcohol motifs (C(OH)–C–C–N with tert-alkyl or cyclic N) is 1. The van der Waals surface area contributed by atoms with Crippen molar-refractivity contribution in [3.8, 4) is 0 Å². The van der Waals surface area contributed by atoms with Crippen LogP contribution in [0.1, 0.15) is 39.0 Å². The predicted molar refractivity (Wildman–Crippen MR) is 68.6 cm³/mol. The van der Waals surface area contributed by atoms with Crippen LogP contribution in [0.3, 0.4) is 0 Å². The van der Waals surface area contributed by atoms with Gasteiger partial charge in [0.25, 0.3) is 0 Å². The smallest absolute Gasteiger partial charge is 0.304 e. The number of hydrogen-bond donors (Lipinski definition) is 2. The van der Waals surface area contributed by atoms with E-state index in [1.807, 2.05) is 0 Å². The average Bonchev–Trinajstić information content (AvgIpc) is 2.71. The zero-order valence-electron chi connectivity index (χ0n) is 11.2. The minimum Gasteiger partial charge on any atom is -0.481 e. The molecule has 0 aromatic heterocycles. The maximum atomic E-state index is 10.7. The van der Waals surface area contributed by atoms with Gasteiger partial charge in [-0.25, -0.2) is 0 Å². The van der Waals surface area contributed by atoms with E-state index in [1.165, 1.54) is 0 Å². The number of aliphatic carboxylic acids is 1. The number of unbranched alkanes of at least 4 members (excludes halogenated alkanes) is 1. The Hall–Kier alpha value is -0.650. The number of likely N-dealkylation sites (tertiary alicyclic amines) is 1. The third kappa shape index (κ3) is 5.80. The van der Waals surface area contributed by atoms with Gasteiger partial charge in [0.1, 0.15) is 0 Å². The standard InChI is InChI=1S/C13H25NO4/c1-2-3-7-18-10-12(15)9-14-6-4-5-11(14)8-13(16)17/h11-12,15H,2-10H2,1H3,(H,16,17). The summed E-state index contributed by atoms with van der Waals surface area (Å²) in [5.74, 6) is -0.763. The van der Waals surface area contributed by atoms with Gasteiger partial charge in [0.15, 0.2) is 0 Å². The first-order valence-corrected chi connectivity index (χ1v) is 6.85. The number of hydrogen-bond acceptors (Lipinski definition) is 4. The zero-order valence-corrected chi connectivity index (χ0v) is 11.2. The molecule has 1 aliphatic heterocycles. The van der Waals surface area contributed by atoms with Gasteiger partial charge in [-0.2, -0.15) is 0 Å². The van der Waals surface area contributed by atoms with Crippen LogP contribution in [-0.2, 0) is 9.53 Å². The highest BCUT2D eigenvalue weighted by Gasteiger charge is 2.27. The Morgan fingerprint density at radius 3 is 3.00 bits per heavy atom. The fourth-order valence-corrected chi connectivity index (χ4v) is 2.36. The van der Waals surface area contributed by atoms with E-state index in [1.54, 1.807) is 0 Å². The minimum absolute atomic E-state index is 0.0767. The number of ether oxygens (including phenoxy) is 1. The molecule has 5 nitrogen and oxygen atoms in total. The van der Waals surface area contributed by atoms with Crippen molar-refractivity contribution >= 4 is 5.97 Å². The van der Waals surface area contributed by atoms with E-state index in [0.717, 1.165) is 32.2 Å². The number of carboxylic acid groups (broad SMARTS) is 1. The maximum absolute atomic E-state index is 10.7. The van der Waals surface area contributed by atoms with E-state index >= 15 is 0 Å². The Kier molecular flexibility index (Phi) is 7.23. The van der Waals surface area contributed by atoms with Gasteiger partial charge in [-0.3, -0.25) is 9.69 Å². The topological polar surface area (TPSA) is 70.0 Å². The lowest BCUT2D eigenvalue weighted by Crippen LogP contribution is -2.39. The van der Waals surface area contributed by atoms with Gasteiger partial charge >= 0.3 is 5.97 Å². The van der Waals surface area contributed by atoms with Crippen LogP contribution in [0, 0.1) is 0 Å². The predicted octanol–water partition coefficient (Wildman–Crippen LogP) is 1.10. The van der Waals surface area contributed by atoms with E-state index in [9.17, 15) is 9.90 Å². The number of carboxylic acids is 1. The van der Waals surface area contributed by atoms with Gasteiger partial charge in [0.05, 0.1) is 19.1 Å². The Bertz CT molecular complexity index is 247. The van der Waals surface area contributed by atoms with Crippen molar-refractivity contribution in [2.45, 2.75) is 51.2 Å². The highest BCUT2D eigenvalue weighted by Crippen LogP contribution is 2.20. The number of aliphatic hydroxyl groups is 1. The fraction of sp³-hybridized carbons (Fsp3) is 0.923. The van der Waals surface area contributed by atoms with Crippen LogP contribution in [0.25, 0.3) is 0 Å². The lowest BCUT2D eigenvalue weighted by atomic mass is 10.1. The first-order chi connectivity index (χ1) is 8.63. The monoisotopic (exact) mass is 259 g/mol. The lowest BCUT2D eigenvalue weighted by molar-refractivity contribution is -0.138. The lowest BCUT2D eigenvalue weighted by Gasteiger charge is -2.25. The molecule has 2 unspecified atom stereocenters. The van der Waals surface area contributed by atoms with Crippen molar-refractivity contribution in [3.63, 3.8) is 0 Å². The number of rotatable bonds is 9. The van der Waals surface area contributed by atoms with E-state index < -0.39 is 12.1 Å². The molecule has 106 valence electrons. The summed E-state index contributed by atoms with van der Waals surface area (Å²) in [5.41, 5.74) is 0. The number of aliphatic hydroxyl groups excluding tert-OH is 1. The average molecular weight is 259 g/mol. The Morgan fingerprint density at radius 2 is 2.33 bits per heavy atom. The Balaban J connectivity index is 2.21. The highest BCUT2D eigenvalue weighted by molar-refractivity contribution is 5.67. The van der Waals surface area contributed by atoms with Crippen molar-refractivity contribution < 1.29 is 19.7 Å². The van der Waals surface area contributed by atoms with E-state index in [-0.39, 0.29) is 12.5 Å². The summed E-state index contributed by atoms with van der Waals surface area (Å²) in [6.07, 6.45) is 3.68. The van der Waals surface area contributed by atoms with Gasteiger partial charge in [0, 0.05) is 19.2 Å². The molecule has 0 bridgehead atoms. The Morgan fingerprint density at radius 1 is 1.56 bits per heavy atom. The summed E-state index contributed by atoms with van der Waals surface area (Å²) < 4.78 is 5.37. The van der Waals surface area contributed by atoms with Crippen LogP contribution >= 0.6 is 0 Å². The van der Waals surface area contributed by atoms with Crippen molar-refractivity contribution in [2.75, 3.05) is 26.3 Å².